The zero-order valence-corrected chi connectivity index (χ0v) is 12.4. The van der Waals surface area contributed by atoms with Crippen molar-refractivity contribution >= 4 is 6.03 Å². The van der Waals surface area contributed by atoms with Crippen LogP contribution in [0.4, 0.5) is 4.79 Å². The molecule has 0 aliphatic heterocycles. The van der Waals surface area contributed by atoms with Crippen molar-refractivity contribution in [3.05, 3.63) is 0 Å². The quantitative estimate of drug-likeness (QED) is 0.797. The van der Waals surface area contributed by atoms with Gasteiger partial charge in [0.2, 0.25) is 0 Å². The predicted molar refractivity (Wildman–Crippen MR) is 79.1 cm³/mol. The van der Waals surface area contributed by atoms with Gasteiger partial charge in [-0.1, -0.05) is 45.4 Å². The number of hydrogen-bond donors (Lipinski definition) is 2. The second kappa shape index (κ2) is 7.76. The summed E-state index contributed by atoms with van der Waals surface area (Å²) in [6.07, 6.45) is 12.8. The van der Waals surface area contributed by atoms with E-state index in [1.807, 2.05) is 0 Å². The lowest BCUT2D eigenvalue weighted by Crippen LogP contribution is -2.43. The van der Waals surface area contributed by atoms with Crippen LogP contribution in [0.25, 0.3) is 0 Å². The van der Waals surface area contributed by atoms with Gasteiger partial charge >= 0.3 is 6.03 Å². The lowest BCUT2D eigenvalue weighted by Gasteiger charge is -2.27. The third-order valence-corrected chi connectivity index (χ3v) is 4.82. The Morgan fingerprint density at radius 2 is 1.84 bits per heavy atom. The maximum atomic E-state index is 11.8. The number of nitrogens with one attached hydrogen (secondary N) is 2. The van der Waals surface area contributed by atoms with E-state index in [2.05, 4.69) is 17.6 Å². The van der Waals surface area contributed by atoms with Crippen molar-refractivity contribution in [3.8, 4) is 0 Å². The first-order valence-electron chi connectivity index (χ1n) is 8.28. The topological polar surface area (TPSA) is 41.1 Å². The van der Waals surface area contributed by atoms with E-state index in [-0.39, 0.29) is 6.03 Å². The van der Waals surface area contributed by atoms with E-state index < -0.39 is 0 Å². The summed E-state index contributed by atoms with van der Waals surface area (Å²) in [5.74, 6) is 1.72. The Labute approximate surface area is 117 Å². The molecule has 3 heteroatoms. The standard InChI is InChI=1S/C16H30N2O/c1-13-6-5-7-14(12-13)10-11-17-16(19)18-15-8-3-2-4-9-15/h13-15H,2-12H2,1H3,(H2,17,18,19). The molecule has 0 aromatic heterocycles. The molecular weight excluding hydrogens is 236 g/mol. The van der Waals surface area contributed by atoms with Gasteiger partial charge in [-0.25, -0.2) is 4.79 Å². The van der Waals surface area contributed by atoms with Crippen LogP contribution in [0.15, 0.2) is 0 Å². The van der Waals surface area contributed by atoms with Crippen molar-refractivity contribution in [1.29, 1.82) is 0 Å². The number of urea groups is 1. The number of hydrogen-bond acceptors (Lipinski definition) is 1. The minimum absolute atomic E-state index is 0.0516. The molecule has 2 amide bonds. The van der Waals surface area contributed by atoms with Gasteiger partial charge < -0.3 is 10.6 Å². The van der Waals surface area contributed by atoms with Gasteiger partial charge in [-0.15, -0.1) is 0 Å². The Hall–Kier alpha value is -0.730. The fraction of sp³-hybridized carbons (Fsp3) is 0.938. The Balaban J connectivity index is 1.55. The van der Waals surface area contributed by atoms with Gasteiger partial charge in [-0.05, 0) is 37.5 Å². The summed E-state index contributed by atoms with van der Waals surface area (Å²) < 4.78 is 0. The summed E-state index contributed by atoms with van der Waals surface area (Å²) in [5, 5.41) is 6.16. The third kappa shape index (κ3) is 5.42. The molecule has 0 bridgehead atoms. The molecule has 0 heterocycles. The predicted octanol–water partition coefficient (Wildman–Crippen LogP) is 3.83. The SMILES string of the molecule is CC1CCCC(CCNC(=O)NC2CCCCC2)C1. The molecule has 19 heavy (non-hydrogen) atoms. The molecule has 2 atom stereocenters. The summed E-state index contributed by atoms with van der Waals surface area (Å²) in [6.45, 7) is 3.20. The lowest BCUT2D eigenvalue weighted by atomic mass is 9.81. The molecule has 2 unspecified atom stereocenters. The van der Waals surface area contributed by atoms with Crippen LogP contribution in [0, 0.1) is 11.8 Å². The Bertz CT molecular complexity index is 274. The fourth-order valence-electron chi connectivity index (χ4n) is 3.70. The second-order valence-corrected chi connectivity index (χ2v) is 6.66. The highest BCUT2D eigenvalue weighted by atomic mass is 16.2. The summed E-state index contributed by atoms with van der Waals surface area (Å²) in [4.78, 5) is 11.8. The van der Waals surface area contributed by atoms with E-state index in [1.54, 1.807) is 0 Å². The minimum Gasteiger partial charge on any atom is -0.338 e. The van der Waals surface area contributed by atoms with Gasteiger partial charge in [0.05, 0.1) is 0 Å². The first kappa shape index (κ1) is 14.7. The first-order valence-corrected chi connectivity index (χ1v) is 8.28. The molecule has 2 saturated carbocycles. The Morgan fingerprint density at radius 3 is 2.58 bits per heavy atom. The van der Waals surface area contributed by atoms with Gasteiger partial charge in [-0.2, -0.15) is 0 Å². The van der Waals surface area contributed by atoms with E-state index in [1.165, 1.54) is 44.9 Å². The van der Waals surface area contributed by atoms with Crippen LogP contribution < -0.4 is 10.6 Å². The molecule has 2 rings (SSSR count). The summed E-state index contributed by atoms with van der Waals surface area (Å²) in [5.41, 5.74) is 0. The molecule has 2 aliphatic carbocycles. The van der Waals surface area contributed by atoms with Crippen LogP contribution in [-0.2, 0) is 0 Å². The van der Waals surface area contributed by atoms with Gasteiger partial charge in [-0.3, -0.25) is 0 Å². The average molecular weight is 266 g/mol. The first-order chi connectivity index (χ1) is 9.24. The zero-order valence-electron chi connectivity index (χ0n) is 12.4. The molecule has 2 N–H and O–H groups in total. The zero-order chi connectivity index (χ0) is 13.5. The summed E-state index contributed by atoms with van der Waals surface area (Å²) in [7, 11) is 0. The number of amides is 2. The maximum Gasteiger partial charge on any atom is 0.315 e. The maximum absolute atomic E-state index is 11.8. The Kier molecular flexibility index (Phi) is 5.99. The van der Waals surface area contributed by atoms with Crippen molar-refractivity contribution in [3.63, 3.8) is 0 Å². The van der Waals surface area contributed by atoms with Crippen LogP contribution in [0.2, 0.25) is 0 Å². The number of carbonyl (C=O) groups is 1. The van der Waals surface area contributed by atoms with Crippen LogP contribution in [0.1, 0.15) is 71.1 Å². The molecule has 0 radical (unpaired) electrons. The normalized spacial score (nSPS) is 28.9. The Morgan fingerprint density at radius 1 is 1.05 bits per heavy atom. The minimum atomic E-state index is 0.0516. The van der Waals surface area contributed by atoms with Gasteiger partial charge in [0, 0.05) is 12.6 Å². The van der Waals surface area contributed by atoms with Crippen LogP contribution in [0.3, 0.4) is 0 Å². The molecule has 2 fully saturated rings. The van der Waals surface area contributed by atoms with Gasteiger partial charge in [0.1, 0.15) is 0 Å². The molecule has 2 aliphatic rings. The van der Waals surface area contributed by atoms with E-state index >= 15 is 0 Å². The van der Waals surface area contributed by atoms with E-state index in [9.17, 15) is 4.79 Å². The van der Waals surface area contributed by atoms with E-state index in [4.69, 9.17) is 0 Å². The van der Waals surface area contributed by atoms with E-state index in [0.717, 1.165) is 37.6 Å². The third-order valence-electron chi connectivity index (χ3n) is 4.82. The molecule has 110 valence electrons. The average Bonchev–Trinajstić information content (AvgIpc) is 2.40. The number of carbonyl (C=O) groups excluding carboxylic acids is 1. The molecule has 0 aromatic rings. The summed E-state index contributed by atoms with van der Waals surface area (Å²) in [6, 6.07) is 0.471. The largest absolute Gasteiger partial charge is 0.338 e. The van der Waals surface area contributed by atoms with Crippen LogP contribution >= 0.6 is 0 Å². The van der Waals surface area contributed by atoms with Crippen LogP contribution in [0.5, 0.6) is 0 Å². The fourth-order valence-corrected chi connectivity index (χ4v) is 3.70. The van der Waals surface area contributed by atoms with E-state index in [0.29, 0.717) is 6.04 Å². The highest BCUT2D eigenvalue weighted by molar-refractivity contribution is 5.74. The number of rotatable bonds is 4. The monoisotopic (exact) mass is 266 g/mol. The molecule has 3 nitrogen and oxygen atoms in total. The van der Waals surface area contributed by atoms with Crippen molar-refractivity contribution in [2.45, 2.75) is 77.2 Å². The smallest absolute Gasteiger partial charge is 0.315 e. The highest BCUT2D eigenvalue weighted by Crippen LogP contribution is 2.30. The molecule has 0 aromatic carbocycles. The van der Waals surface area contributed by atoms with Crippen molar-refractivity contribution in [2.75, 3.05) is 6.54 Å². The molecular formula is C16H30N2O. The van der Waals surface area contributed by atoms with Crippen molar-refractivity contribution in [1.82, 2.24) is 10.6 Å². The lowest BCUT2D eigenvalue weighted by molar-refractivity contribution is 0.228. The molecule has 0 saturated heterocycles. The van der Waals surface area contributed by atoms with Crippen molar-refractivity contribution in [2.24, 2.45) is 11.8 Å². The van der Waals surface area contributed by atoms with Crippen LogP contribution in [-0.4, -0.2) is 18.6 Å². The molecule has 0 spiro atoms. The van der Waals surface area contributed by atoms with Gasteiger partial charge in [0.25, 0.3) is 0 Å². The summed E-state index contributed by atoms with van der Waals surface area (Å²) >= 11 is 0. The van der Waals surface area contributed by atoms with Crippen molar-refractivity contribution < 1.29 is 4.79 Å². The van der Waals surface area contributed by atoms with Gasteiger partial charge in [0.15, 0.2) is 0 Å². The highest BCUT2D eigenvalue weighted by Gasteiger charge is 2.19. The second-order valence-electron chi connectivity index (χ2n) is 6.66.